The number of aliphatic hydroxyl groups is 1. The Morgan fingerprint density at radius 2 is 2.06 bits per heavy atom. The maximum Gasteiger partial charge on any atom is 0.240 e. The number of carbonyl (C=O) groups is 1. The zero-order chi connectivity index (χ0) is 12.9. The van der Waals surface area contributed by atoms with Gasteiger partial charge in [0.05, 0.1) is 12.2 Å². The van der Waals surface area contributed by atoms with Gasteiger partial charge in [-0.15, -0.1) is 0 Å². The van der Waals surface area contributed by atoms with Crippen molar-refractivity contribution in [2.75, 3.05) is 6.54 Å². The van der Waals surface area contributed by atoms with E-state index in [9.17, 15) is 9.90 Å². The number of amides is 1. The Balaban J connectivity index is 2.37. The van der Waals surface area contributed by atoms with Crippen LogP contribution in [0, 0.1) is 22.7 Å². The van der Waals surface area contributed by atoms with Crippen molar-refractivity contribution in [3.63, 3.8) is 0 Å². The number of hydrogen-bond donors (Lipinski definition) is 2. The fourth-order valence-corrected chi connectivity index (χ4v) is 2.20. The molecule has 1 unspecified atom stereocenters. The van der Waals surface area contributed by atoms with Crippen LogP contribution >= 0.6 is 0 Å². The lowest BCUT2D eigenvalue weighted by molar-refractivity contribution is -0.128. The third-order valence-corrected chi connectivity index (χ3v) is 3.60. The van der Waals surface area contributed by atoms with Gasteiger partial charge in [-0.2, -0.15) is 5.26 Å². The molecular formula is C13H22N2O2. The number of nitrogens with zero attached hydrogens (tertiary/aromatic N) is 1. The molecule has 96 valence electrons. The van der Waals surface area contributed by atoms with Crippen molar-refractivity contribution in [3.05, 3.63) is 0 Å². The van der Waals surface area contributed by atoms with Gasteiger partial charge in [-0.25, -0.2) is 0 Å². The molecule has 0 heterocycles. The summed E-state index contributed by atoms with van der Waals surface area (Å²) in [6, 6.07) is 2.16. The maximum absolute atomic E-state index is 11.9. The van der Waals surface area contributed by atoms with Crippen molar-refractivity contribution < 1.29 is 9.90 Å². The van der Waals surface area contributed by atoms with Gasteiger partial charge in [-0.1, -0.05) is 26.7 Å². The van der Waals surface area contributed by atoms with Crippen LogP contribution in [-0.2, 0) is 4.79 Å². The van der Waals surface area contributed by atoms with Crippen LogP contribution in [0.25, 0.3) is 0 Å². The van der Waals surface area contributed by atoms with E-state index in [1.54, 1.807) is 0 Å². The molecule has 1 atom stereocenters. The average Bonchev–Trinajstić information content (AvgIpc) is 2.78. The van der Waals surface area contributed by atoms with Crippen LogP contribution in [0.2, 0.25) is 0 Å². The molecule has 4 nitrogen and oxygen atoms in total. The van der Waals surface area contributed by atoms with E-state index >= 15 is 0 Å². The highest BCUT2D eigenvalue weighted by Gasteiger charge is 2.41. The third-order valence-electron chi connectivity index (χ3n) is 3.60. The summed E-state index contributed by atoms with van der Waals surface area (Å²) in [6.07, 6.45) is 3.40. The molecule has 17 heavy (non-hydrogen) atoms. The molecular weight excluding hydrogens is 216 g/mol. The van der Waals surface area contributed by atoms with Crippen molar-refractivity contribution in [1.29, 1.82) is 5.26 Å². The molecule has 0 bridgehead atoms. The minimum atomic E-state index is -0.803. The second-order valence-electron chi connectivity index (χ2n) is 5.26. The molecule has 0 aromatic carbocycles. The standard InChI is InChI=1S/C13H22N2O2/c1-10(2)11(16)5-8-15-12(17)13(9-14)6-3-4-7-13/h10-11,16H,3-8H2,1-2H3,(H,15,17). The normalized spacial score (nSPS) is 19.9. The summed E-state index contributed by atoms with van der Waals surface area (Å²) in [5, 5.41) is 21.5. The summed E-state index contributed by atoms with van der Waals surface area (Å²) >= 11 is 0. The average molecular weight is 238 g/mol. The molecule has 1 saturated carbocycles. The number of carbonyl (C=O) groups excluding carboxylic acids is 1. The van der Waals surface area contributed by atoms with Crippen LogP contribution in [0.4, 0.5) is 0 Å². The number of hydrogen-bond acceptors (Lipinski definition) is 3. The Bertz CT molecular complexity index is 301. The van der Waals surface area contributed by atoms with Gasteiger partial charge in [0.25, 0.3) is 0 Å². The van der Waals surface area contributed by atoms with Crippen molar-refractivity contribution in [1.82, 2.24) is 5.32 Å². The lowest BCUT2D eigenvalue weighted by Gasteiger charge is -2.20. The van der Waals surface area contributed by atoms with Gasteiger partial charge in [-0.05, 0) is 25.2 Å². The molecule has 0 saturated heterocycles. The predicted molar refractivity (Wildman–Crippen MR) is 65.0 cm³/mol. The lowest BCUT2D eigenvalue weighted by Crippen LogP contribution is -2.39. The van der Waals surface area contributed by atoms with Gasteiger partial charge in [0, 0.05) is 6.54 Å². The molecule has 0 aromatic heterocycles. The van der Waals surface area contributed by atoms with Crippen LogP contribution in [0.15, 0.2) is 0 Å². The first kappa shape index (κ1) is 14.0. The molecule has 1 aliphatic carbocycles. The second-order valence-corrected chi connectivity index (χ2v) is 5.26. The summed E-state index contributed by atoms with van der Waals surface area (Å²) in [4.78, 5) is 11.9. The largest absolute Gasteiger partial charge is 0.393 e. The summed E-state index contributed by atoms with van der Waals surface area (Å²) < 4.78 is 0. The van der Waals surface area contributed by atoms with E-state index < -0.39 is 11.5 Å². The molecule has 1 rings (SSSR count). The Kier molecular flexibility index (Phi) is 4.95. The molecule has 0 radical (unpaired) electrons. The molecule has 4 heteroatoms. The van der Waals surface area contributed by atoms with E-state index in [0.717, 1.165) is 12.8 Å². The van der Waals surface area contributed by atoms with Crippen LogP contribution in [-0.4, -0.2) is 23.7 Å². The SMILES string of the molecule is CC(C)C(O)CCNC(=O)C1(C#N)CCCC1. The highest BCUT2D eigenvalue weighted by atomic mass is 16.3. The van der Waals surface area contributed by atoms with Crippen molar-refractivity contribution >= 4 is 5.91 Å². The number of nitrogens with one attached hydrogen (secondary N) is 1. The van der Waals surface area contributed by atoms with E-state index in [1.807, 2.05) is 13.8 Å². The molecule has 0 spiro atoms. The minimum Gasteiger partial charge on any atom is -0.393 e. The first-order valence-electron chi connectivity index (χ1n) is 6.39. The zero-order valence-electron chi connectivity index (χ0n) is 10.7. The summed E-state index contributed by atoms with van der Waals surface area (Å²) in [5.74, 6) is 0.0387. The molecule has 1 aliphatic rings. The Morgan fingerprint density at radius 1 is 1.47 bits per heavy atom. The fraction of sp³-hybridized carbons (Fsp3) is 0.846. The topological polar surface area (TPSA) is 73.1 Å². The second kappa shape index (κ2) is 6.02. The van der Waals surface area contributed by atoms with E-state index in [2.05, 4.69) is 11.4 Å². The monoisotopic (exact) mass is 238 g/mol. The first-order valence-corrected chi connectivity index (χ1v) is 6.39. The maximum atomic E-state index is 11.9. The molecule has 0 aromatic rings. The summed E-state index contributed by atoms with van der Waals surface area (Å²) in [7, 11) is 0. The lowest BCUT2D eigenvalue weighted by atomic mass is 9.87. The van der Waals surface area contributed by atoms with Gasteiger partial charge in [-0.3, -0.25) is 4.79 Å². The van der Waals surface area contributed by atoms with Crippen LogP contribution in [0.1, 0.15) is 46.0 Å². The van der Waals surface area contributed by atoms with Crippen LogP contribution in [0.3, 0.4) is 0 Å². The Labute approximate surface area is 103 Å². The van der Waals surface area contributed by atoms with Crippen molar-refractivity contribution in [2.45, 2.75) is 52.1 Å². The van der Waals surface area contributed by atoms with Gasteiger partial charge < -0.3 is 10.4 Å². The van der Waals surface area contributed by atoms with Gasteiger partial charge in [0.15, 0.2) is 0 Å². The van der Waals surface area contributed by atoms with Crippen molar-refractivity contribution in [3.8, 4) is 6.07 Å². The van der Waals surface area contributed by atoms with E-state index in [-0.39, 0.29) is 11.8 Å². The highest BCUT2D eigenvalue weighted by molar-refractivity contribution is 5.85. The number of rotatable bonds is 5. The van der Waals surface area contributed by atoms with Crippen LogP contribution in [0.5, 0.6) is 0 Å². The molecule has 1 amide bonds. The highest BCUT2D eigenvalue weighted by Crippen LogP contribution is 2.37. The van der Waals surface area contributed by atoms with Crippen LogP contribution < -0.4 is 5.32 Å². The zero-order valence-corrected chi connectivity index (χ0v) is 10.7. The van der Waals surface area contributed by atoms with Gasteiger partial charge in [0.1, 0.15) is 5.41 Å². The Morgan fingerprint density at radius 3 is 2.53 bits per heavy atom. The van der Waals surface area contributed by atoms with Gasteiger partial charge in [0.2, 0.25) is 5.91 Å². The van der Waals surface area contributed by atoms with Gasteiger partial charge >= 0.3 is 0 Å². The minimum absolute atomic E-state index is 0.159. The summed E-state index contributed by atoms with van der Waals surface area (Å²) in [6.45, 7) is 4.34. The fourth-order valence-electron chi connectivity index (χ4n) is 2.20. The van der Waals surface area contributed by atoms with E-state index in [0.29, 0.717) is 25.8 Å². The van der Waals surface area contributed by atoms with E-state index in [4.69, 9.17) is 5.26 Å². The Hall–Kier alpha value is -1.08. The number of nitriles is 1. The predicted octanol–water partition coefficient (Wildman–Crippen LogP) is 1.59. The van der Waals surface area contributed by atoms with E-state index in [1.165, 1.54) is 0 Å². The third kappa shape index (κ3) is 3.44. The molecule has 2 N–H and O–H groups in total. The summed E-state index contributed by atoms with van der Waals surface area (Å²) in [5.41, 5.74) is -0.803. The molecule has 0 aliphatic heterocycles. The molecule has 1 fully saturated rings. The quantitative estimate of drug-likeness (QED) is 0.764. The first-order chi connectivity index (χ1) is 8.02. The van der Waals surface area contributed by atoms with Crippen molar-refractivity contribution in [2.24, 2.45) is 11.3 Å². The number of aliphatic hydroxyl groups excluding tert-OH is 1. The smallest absolute Gasteiger partial charge is 0.240 e.